The van der Waals surface area contributed by atoms with Crippen LogP contribution in [0.1, 0.15) is 57.3 Å². The quantitative estimate of drug-likeness (QED) is 0.840. The number of pyridine rings is 1. The molecule has 1 N–H and O–H groups in total. The van der Waals surface area contributed by atoms with Crippen LogP contribution in [-0.4, -0.2) is 23.8 Å². The van der Waals surface area contributed by atoms with Crippen LogP contribution in [0.3, 0.4) is 0 Å². The van der Waals surface area contributed by atoms with Gasteiger partial charge in [0.05, 0.1) is 12.7 Å². The van der Waals surface area contributed by atoms with E-state index in [1.54, 1.807) is 6.07 Å². The fourth-order valence-corrected chi connectivity index (χ4v) is 3.02. The summed E-state index contributed by atoms with van der Waals surface area (Å²) in [5.41, 5.74) is 2.60. The molecule has 1 aromatic rings. The van der Waals surface area contributed by atoms with Crippen molar-refractivity contribution in [3.8, 4) is 0 Å². The predicted molar refractivity (Wildman–Crippen MR) is 85.8 cm³/mol. The van der Waals surface area contributed by atoms with Crippen LogP contribution in [0.5, 0.6) is 0 Å². The van der Waals surface area contributed by atoms with E-state index in [1.165, 1.54) is 11.3 Å². The summed E-state index contributed by atoms with van der Waals surface area (Å²) >= 11 is 0. The highest BCUT2D eigenvalue weighted by Crippen LogP contribution is 2.28. The lowest BCUT2D eigenvalue weighted by Gasteiger charge is -2.28. The summed E-state index contributed by atoms with van der Waals surface area (Å²) in [6.07, 6.45) is 4.64. The number of hydrogen-bond acceptors (Lipinski definition) is 3. The Kier molecular flexibility index (Phi) is 6.00. The third-order valence-electron chi connectivity index (χ3n) is 4.02. The zero-order valence-electron chi connectivity index (χ0n) is 13.5. The van der Waals surface area contributed by atoms with Crippen molar-refractivity contribution in [3.63, 3.8) is 0 Å². The molecule has 1 aromatic heterocycles. The lowest BCUT2D eigenvalue weighted by atomic mass is 9.90. The van der Waals surface area contributed by atoms with E-state index in [1.807, 2.05) is 24.5 Å². The van der Waals surface area contributed by atoms with Crippen molar-refractivity contribution in [1.29, 1.82) is 0 Å². The molecule has 0 bridgehead atoms. The summed E-state index contributed by atoms with van der Waals surface area (Å²) in [4.78, 5) is 12.2. The molecule has 2 rings (SSSR count). The molecule has 1 unspecified atom stereocenters. The molecular weight excluding hydrogens is 264 g/mol. The van der Waals surface area contributed by atoms with Crippen molar-refractivity contribution in [3.05, 3.63) is 33.7 Å². The largest absolute Gasteiger partial charge is 0.377 e. The fourth-order valence-electron chi connectivity index (χ4n) is 3.02. The predicted octanol–water partition coefficient (Wildman–Crippen LogP) is 2.65. The van der Waals surface area contributed by atoms with Crippen molar-refractivity contribution in [2.75, 3.05) is 13.2 Å². The Morgan fingerprint density at radius 2 is 2.24 bits per heavy atom. The Bertz CT molecular complexity index is 508. The lowest BCUT2D eigenvalue weighted by Crippen LogP contribution is -2.33. The number of aromatic nitrogens is 1. The molecule has 0 aliphatic heterocycles. The Hall–Kier alpha value is -1.13. The highest BCUT2D eigenvalue weighted by atomic mass is 16.5. The second-order valence-electron chi connectivity index (χ2n) is 6.04. The van der Waals surface area contributed by atoms with Crippen LogP contribution in [0.15, 0.2) is 16.9 Å². The first-order chi connectivity index (χ1) is 10.1. The van der Waals surface area contributed by atoms with Gasteiger partial charge in [-0.05, 0) is 51.6 Å². The average molecular weight is 292 g/mol. The molecule has 1 aliphatic carbocycles. The molecule has 21 heavy (non-hydrogen) atoms. The maximum absolute atomic E-state index is 12.2. The molecule has 118 valence electrons. The van der Waals surface area contributed by atoms with Gasteiger partial charge in [0, 0.05) is 24.3 Å². The van der Waals surface area contributed by atoms with Crippen molar-refractivity contribution in [2.24, 2.45) is 0 Å². The number of fused-ring (bicyclic) bond motifs is 1. The Labute approximate surface area is 127 Å². The first-order valence-electron chi connectivity index (χ1n) is 8.21. The smallest absolute Gasteiger partial charge is 0.250 e. The van der Waals surface area contributed by atoms with E-state index in [-0.39, 0.29) is 11.7 Å². The second kappa shape index (κ2) is 7.76. The van der Waals surface area contributed by atoms with E-state index in [9.17, 15) is 4.79 Å². The van der Waals surface area contributed by atoms with Gasteiger partial charge in [-0.3, -0.25) is 4.79 Å². The molecule has 4 nitrogen and oxygen atoms in total. The lowest BCUT2D eigenvalue weighted by molar-refractivity contribution is 0.0716. The molecule has 4 heteroatoms. The third-order valence-corrected chi connectivity index (χ3v) is 4.02. The van der Waals surface area contributed by atoms with Gasteiger partial charge in [0.15, 0.2) is 0 Å². The first-order valence-corrected chi connectivity index (χ1v) is 8.21. The van der Waals surface area contributed by atoms with Crippen molar-refractivity contribution < 1.29 is 4.74 Å². The number of ether oxygens (including phenoxy) is 1. The van der Waals surface area contributed by atoms with Crippen LogP contribution in [0.2, 0.25) is 0 Å². The van der Waals surface area contributed by atoms with Gasteiger partial charge in [0.1, 0.15) is 0 Å². The average Bonchev–Trinajstić information content (AvgIpc) is 2.46. The summed E-state index contributed by atoms with van der Waals surface area (Å²) in [7, 11) is 0. The summed E-state index contributed by atoms with van der Waals surface area (Å²) in [5.74, 6) is 0. The van der Waals surface area contributed by atoms with Gasteiger partial charge >= 0.3 is 0 Å². The Morgan fingerprint density at radius 1 is 1.43 bits per heavy atom. The summed E-state index contributed by atoms with van der Waals surface area (Å²) < 4.78 is 7.52. The highest BCUT2D eigenvalue weighted by Gasteiger charge is 2.22. The summed E-state index contributed by atoms with van der Waals surface area (Å²) in [6.45, 7) is 8.50. The zero-order chi connectivity index (χ0) is 15.2. The monoisotopic (exact) mass is 292 g/mol. The van der Waals surface area contributed by atoms with Gasteiger partial charge in [-0.25, -0.2) is 0 Å². The fraction of sp³-hybridized carbons (Fsp3) is 0.706. The van der Waals surface area contributed by atoms with Crippen LogP contribution >= 0.6 is 0 Å². The van der Waals surface area contributed by atoms with Gasteiger partial charge in [-0.2, -0.15) is 0 Å². The molecule has 0 amide bonds. The molecule has 1 heterocycles. The number of hydrogen-bond donors (Lipinski definition) is 1. The van der Waals surface area contributed by atoms with E-state index < -0.39 is 0 Å². The molecule has 0 radical (unpaired) electrons. The van der Waals surface area contributed by atoms with E-state index in [2.05, 4.69) is 12.2 Å². The maximum Gasteiger partial charge on any atom is 0.250 e. The standard InChI is InChI=1S/C17H28N2O2/c1-4-10-18-15-6-5-7-16-14(15)8-9-17(20)19(16)11-12-21-13(2)3/h8-9,13,15,18H,4-7,10-12H2,1-3H3. The van der Waals surface area contributed by atoms with Crippen molar-refractivity contribution >= 4 is 0 Å². The van der Waals surface area contributed by atoms with Crippen LogP contribution in [0, 0.1) is 0 Å². The normalized spacial score (nSPS) is 18.0. The van der Waals surface area contributed by atoms with Gasteiger partial charge in [-0.1, -0.05) is 13.0 Å². The molecule has 0 fully saturated rings. The topological polar surface area (TPSA) is 43.3 Å². The maximum atomic E-state index is 12.2. The number of nitrogens with zero attached hydrogens (tertiary/aromatic N) is 1. The molecule has 0 spiro atoms. The minimum absolute atomic E-state index is 0.0947. The van der Waals surface area contributed by atoms with Gasteiger partial charge < -0.3 is 14.6 Å². The van der Waals surface area contributed by atoms with E-state index in [0.717, 1.165) is 32.2 Å². The summed E-state index contributed by atoms with van der Waals surface area (Å²) in [6, 6.07) is 4.12. The first kappa shape index (κ1) is 16.2. The number of nitrogens with one attached hydrogen (secondary N) is 1. The SMILES string of the molecule is CCCNC1CCCc2c1ccc(=O)n2CCOC(C)C. The molecule has 0 saturated heterocycles. The van der Waals surface area contributed by atoms with E-state index in [4.69, 9.17) is 4.74 Å². The van der Waals surface area contributed by atoms with Crippen LogP contribution < -0.4 is 10.9 Å². The van der Waals surface area contributed by atoms with Crippen molar-refractivity contribution in [1.82, 2.24) is 9.88 Å². The van der Waals surface area contributed by atoms with Crippen LogP contribution in [-0.2, 0) is 17.7 Å². The van der Waals surface area contributed by atoms with E-state index in [0.29, 0.717) is 19.2 Å². The second-order valence-corrected chi connectivity index (χ2v) is 6.04. The number of rotatable bonds is 7. The van der Waals surface area contributed by atoms with Crippen LogP contribution in [0.25, 0.3) is 0 Å². The van der Waals surface area contributed by atoms with Gasteiger partial charge in [-0.15, -0.1) is 0 Å². The Morgan fingerprint density at radius 3 is 2.95 bits per heavy atom. The Balaban J connectivity index is 2.19. The van der Waals surface area contributed by atoms with E-state index >= 15 is 0 Å². The minimum Gasteiger partial charge on any atom is -0.377 e. The molecule has 1 atom stereocenters. The van der Waals surface area contributed by atoms with Crippen LogP contribution in [0.4, 0.5) is 0 Å². The van der Waals surface area contributed by atoms with Gasteiger partial charge in [0.25, 0.3) is 5.56 Å². The van der Waals surface area contributed by atoms with Gasteiger partial charge in [0.2, 0.25) is 0 Å². The molecule has 0 saturated carbocycles. The summed E-state index contributed by atoms with van der Waals surface area (Å²) in [5, 5.41) is 3.60. The van der Waals surface area contributed by atoms with Crippen molar-refractivity contribution in [2.45, 2.75) is 65.1 Å². The molecule has 0 aromatic carbocycles. The molecule has 1 aliphatic rings. The molecular formula is C17H28N2O2. The minimum atomic E-state index is 0.0947. The highest BCUT2D eigenvalue weighted by molar-refractivity contribution is 5.27. The third kappa shape index (κ3) is 4.17. The zero-order valence-corrected chi connectivity index (χ0v) is 13.5.